The topological polar surface area (TPSA) is 44.8 Å². The van der Waals surface area contributed by atoms with Crippen LogP contribution in [0.15, 0.2) is 0 Å². The highest BCUT2D eigenvalue weighted by Crippen LogP contribution is 2.73. The molecular formula is F6O4P4. The average molecular weight is 302 g/mol. The SMILES string of the molecule is O=P(OP(F)F)(OP(F)F)OP(F)F. The Labute approximate surface area is 77.8 Å². The van der Waals surface area contributed by atoms with Crippen LogP contribution in [-0.2, 0) is 17.5 Å². The summed E-state index contributed by atoms with van der Waals surface area (Å²) in [6, 6.07) is 0. The van der Waals surface area contributed by atoms with Gasteiger partial charge in [-0.2, -0.15) is 25.2 Å². The van der Waals surface area contributed by atoms with E-state index in [-0.39, 0.29) is 0 Å². The second-order valence-electron chi connectivity index (χ2n) is 1.30. The molecule has 0 heterocycles. The molecule has 0 saturated heterocycles. The molecular weight excluding hydrogens is 302 g/mol. The van der Waals surface area contributed by atoms with Crippen molar-refractivity contribution in [2.45, 2.75) is 0 Å². The molecule has 0 N–H and O–H groups in total. The van der Waals surface area contributed by atoms with E-state index in [4.69, 9.17) is 0 Å². The summed E-state index contributed by atoms with van der Waals surface area (Å²) in [6.45, 7) is 0. The summed E-state index contributed by atoms with van der Waals surface area (Å²) in [5.41, 5.74) is 0. The second kappa shape index (κ2) is 6.54. The van der Waals surface area contributed by atoms with Crippen molar-refractivity contribution in [2.24, 2.45) is 0 Å². The zero-order valence-electron chi connectivity index (χ0n) is 5.69. The maximum absolute atomic E-state index is 11.5. The van der Waals surface area contributed by atoms with Gasteiger partial charge in [0.25, 0.3) is 0 Å². The predicted octanol–water partition coefficient (Wildman–Crippen LogP) is 5.64. The molecule has 0 spiro atoms. The molecule has 86 valence electrons. The van der Waals surface area contributed by atoms with Gasteiger partial charge in [0.05, 0.1) is 0 Å². The van der Waals surface area contributed by atoms with Crippen molar-refractivity contribution < 1.29 is 42.7 Å². The molecule has 0 aromatic carbocycles. The summed E-state index contributed by atoms with van der Waals surface area (Å²) >= 11 is 0. The van der Waals surface area contributed by atoms with Gasteiger partial charge in [-0.1, -0.05) is 0 Å². The number of rotatable bonds is 6. The molecule has 0 rings (SSSR count). The third-order valence-electron chi connectivity index (χ3n) is 0.485. The normalized spacial score (nSPS) is 13.2. The summed E-state index contributed by atoms with van der Waals surface area (Å²) in [7, 11) is -18.8. The molecule has 0 fully saturated rings. The van der Waals surface area contributed by atoms with Gasteiger partial charge in [0.1, 0.15) is 0 Å². The van der Waals surface area contributed by atoms with Crippen molar-refractivity contribution in [1.29, 1.82) is 0 Å². The molecule has 0 aromatic heterocycles. The van der Waals surface area contributed by atoms with Crippen LogP contribution in [0.5, 0.6) is 0 Å². The van der Waals surface area contributed by atoms with Crippen molar-refractivity contribution >= 4 is 34.1 Å². The molecule has 0 saturated carbocycles. The third kappa shape index (κ3) is 7.30. The van der Waals surface area contributed by atoms with Gasteiger partial charge in [0.2, 0.25) is 0 Å². The molecule has 14 heavy (non-hydrogen) atoms. The Balaban J connectivity index is 4.41. The van der Waals surface area contributed by atoms with Crippen molar-refractivity contribution in [3.8, 4) is 0 Å². The minimum Gasteiger partial charge on any atom is -0.227 e. The summed E-state index contributed by atoms with van der Waals surface area (Å²) in [5, 5.41) is 0. The molecule has 0 aromatic rings. The lowest BCUT2D eigenvalue weighted by Gasteiger charge is -2.12. The highest BCUT2D eigenvalue weighted by molar-refractivity contribution is 7.68. The molecule has 0 amide bonds. The summed E-state index contributed by atoms with van der Waals surface area (Å²) in [6.07, 6.45) is 0. The van der Waals surface area contributed by atoms with Crippen molar-refractivity contribution in [3.63, 3.8) is 0 Å². The molecule has 0 unspecified atom stereocenters. The van der Waals surface area contributed by atoms with E-state index in [1.165, 1.54) is 0 Å². The van der Waals surface area contributed by atoms with E-state index in [1.807, 2.05) is 0 Å². The Bertz CT molecular complexity index is 173. The van der Waals surface area contributed by atoms with Crippen molar-refractivity contribution in [3.05, 3.63) is 0 Å². The van der Waals surface area contributed by atoms with E-state index in [9.17, 15) is 29.7 Å². The van der Waals surface area contributed by atoms with Crippen LogP contribution in [0.2, 0.25) is 0 Å². The maximum atomic E-state index is 11.5. The quantitative estimate of drug-likeness (QED) is 0.470. The fourth-order valence-corrected chi connectivity index (χ4v) is 3.25. The van der Waals surface area contributed by atoms with Gasteiger partial charge in [0, 0.05) is 0 Å². The van der Waals surface area contributed by atoms with Gasteiger partial charge in [0.15, 0.2) is 0 Å². The standard InChI is InChI=1S/F6O4P4/c1-11(2)8-14(7,9-12(3)4)10-13(5)6. The first-order chi connectivity index (χ1) is 6.25. The third-order valence-corrected chi connectivity index (χ3v) is 4.37. The monoisotopic (exact) mass is 302 g/mol. The molecule has 0 atom stereocenters. The molecule has 0 bridgehead atoms. The van der Waals surface area contributed by atoms with Crippen molar-refractivity contribution in [2.75, 3.05) is 0 Å². The van der Waals surface area contributed by atoms with Crippen LogP contribution in [-0.4, -0.2) is 0 Å². The van der Waals surface area contributed by atoms with Gasteiger partial charge < -0.3 is 0 Å². The highest BCUT2D eigenvalue weighted by Gasteiger charge is 2.40. The van der Waals surface area contributed by atoms with E-state index in [0.29, 0.717) is 0 Å². The van der Waals surface area contributed by atoms with Crippen LogP contribution in [0.25, 0.3) is 0 Å². The number of hydrogen-bond acceptors (Lipinski definition) is 4. The van der Waals surface area contributed by atoms with Gasteiger partial charge in [-0.05, 0) is 0 Å². The first-order valence-electron chi connectivity index (χ1n) is 2.29. The van der Waals surface area contributed by atoms with Gasteiger partial charge in [-0.3, -0.25) is 0 Å². The number of halogens is 6. The molecule has 0 aliphatic carbocycles. The molecule has 0 aliphatic rings. The first kappa shape index (κ1) is 15.0. The lowest BCUT2D eigenvalue weighted by Crippen LogP contribution is -1.85. The number of phosphoric acid groups is 1. The fourth-order valence-electron chi connectivity index (χ4n) is 0.272. The Morgan fingerprint density at radius 3 is 1.07 bits per heavy atom. The predicted molar refractivity (Wildman–Crippen MR) is 38.3 cm³/mol. The van der Waals surface area contributed by atoms with Crippen LogP contribution in [0, 0.1) is 0 Å². The van der Waals surface area contributed by atoms with Crippen LogP contribution >= 0.6 is 34.1 Å². The van der Waals surface area contributed by atoms with E-state index in [2.05, 4.69) is 12.9 Å². The molecule has 0 radical (unpaired) electrons. The molecule has 4 nitrogen and oxygen atoms in total. The van der Waals surface area contributed by atoms with Gasteiger partial charge >= 0.3 is 34.1 Å². The highest BCUT2D eigenvalue weighted by atomic mass is 31.3. The Morgan fingerprint density at radius 1 is 0.714 bits per heavy atom. The zero-order valence-corrected chi connectivity index (χ0v) is 9.27. The van der Waals surface area contributed by atoms with Gasteiger partial charge in [-0.25, -0.2) is 17.5 Å². The largest absolute Gasteiger partial charge is 0.496 e. The van der Waals surface area contributed by atoms with E-state index >= 15 is 0 Å². The Hall–Kier alpha value is 0.980. The van der Waals surface area contributed by atoms with Crippen LogP contribution < -0.4 is 0 Å². The van der Waals surface area contributed by atoms with Crippen molar-refractivity contribution in [1.82, 2.24) is 0 Å². The maximum Gasteiger partial charge on any atom is 0.496 e. The zero-order chi connectivity index (χ0) is 11.4. The fraction of sp³-hybridized carbons (Fsp3) is 0. The second-order valence-corrected chi connectivity index (χ2v) is 5.36. The van der Waals surface area contributed by atoms with E-state index in [0.717, 1.165) is 0 Å². The van der Waals surface area contributed by atoms with E-state index in [1.54, 1.807) is 0 Å². The molecule has 14 heteroatoms. The lowest BCUT2D eigenvalue weighted by atomic mass is 15.7. The Morgan fingerprint density at radius 2 is 0.929 bits per heavy atom. The molecule has 0 aliphatic heterocycles. The van der Waals surface area contributed by atoms with E-state index < -0.39 is 34.1 Å². The summed E-state index contributed by atoms with van der Waals surface area (Å²) in [4.78, 5) is 0. The minimum atomic E-state index is -5.55. The Kier molecular flexibility index (Phi) is 7.00. The average Bonchev–Trinajstić information content (AvgIpc) is 1.76. The smallest absolute Gasteiger partial charge is 0.227 e. The van der Waals surface area contributed by atoms with Crippen LogP contribution in [0.3, 0.4) is 0 Å². The van der Waals surface area contributed by atoms with Gasteiger partial charge in [-0.15, -0.1) is 0 Å². The lowest BCUT2D eigenvalue weighted by molar-refractivity contribution is 0.293. The van der Waals surface area contributed by atoms with Crippen LogP contribution in [0.1, 0.15) is 0 Å². The summed E-state index contributed by atoms with van der Waals surface area (Å²) in [5.74, 6) is 0. The first-order valence-corrected chi connectivity index (χ1v) is 6.88. The van der Waals surface area contributed by atoms with Crippen LogP contribution in [0.4, 0.5) is 25.2 Å². The summed E-state index contributed by atoms with van der Waals surface area (Å²) < 4.78 is 88.3. The minimum absolute atomic E-state index is 2.97. The number of hydrogen-bond donors (Lipinski definition) is 0.